The Kier molecular flexibility index (Phi) is 6.49. The number of hydrogen-bond acceptors (Lipinski definition) is 4. The zero-order valence-electron chi connectivity index (χ0n) is 16.2. The van der Waals surface area contributed by atoms with Gasteiger partial charge in [-0.25, -0.2) is 4.79 Å². The molecule has 7 nitrogen and oxygen atoms in total. The minimum Gasteiger partial charge on any atom is -0.484 e. The molecule has 152 valence electrons. The molecule has 3 N–H and O–H groups in total. The summed E-state index contributed by atoms with van der Waals surface area (Å²) in [5.74, 6) is -0.862. The minimum absolute atomic E-state index is 0.000722. The number of benzene rings is 2. The van der Waals surface area contributed by atoms with Gasteiger partial charge < -0.3 is 20.5 Å². The van der Waals surface area contributed by atoms with Crippen LogP contribution in [0.1, 0.15) is 44.7 Å². The Morgan fingerprint density at radius 1 is 1.07 bits per heavy atom. The Balaban J connectivity index is 1.44. The quantitative estimate of drug-likeness (QED) is 0.603. The smallest absolute Gasteiger partial charge is 0.335 e. The predicted octanol–water partition coefficient (Wildman–Crippen LogP) is 2.32. The highest BCUT2D eigenvalue weighted by molar-refractivity contribution is 5.97. The van der Waals surface area contributed by atoms with Crippen molar-refractivity contribution in [1.82, 2.24) is 10.6 Å². The maximum Gasteiger partial charge on any atom is 0.335 e. The summed E-state index contributed by atoms with van der Waals surface area (Å²) in [6.07, 6.45) is 2.70. The SMILES string of the molecule is Cc1cc(C(=O)O)cc(C(=O)NCCc2ccc(OCC(=O)NC3CC3)cc2)c1. The molecule has 0 bridgehead atoms. The molecule has 3 rings (SSSR count). The first kappa shape index (κ1) is 20.4. The lowest BCUT2D eigenvalue weighted by molar-refractivity contribution is -0.123. The molecule has 29 heavy (non-hydrogen) atoms. The van der Waals surface area contributed by atoms with E-state index in [4.69, 9.17) is 9.84 Å². The third-order valence-electron chi connectivity index (χ3n) is 4.52. The van der Waals surface area contributed by atoms with Crippen LogP contribution < -0.4 is 15.4 Å². The number of aromatic carboxylic acids is 1. The summed E-state index contributed by atoms with van der Waals surface area (Å²) in [6, 6.07) is 12.2. The minimum atomic E-state index is -1.06. The van der Waals surface area contributed by atoms with Gasteiger partial charge in [0.2, 0.25) is 0 Å². The largest absolute Gasteiger partial charge is 0.484 e. The zero-order chi connectivity index (χ0) is 20.8. The van der Waals surface area contributed by atoms with Crippen LogP contribution in [-0.2, 0) is 11.2 Å². The van der Waals surface area contributed by atoms with E-state index in [9.17, 15) is 14.4 Å². The number of amides is 2. The molecule has 0 radical (unpaired) electrons. The van der Waals surface area contributed by atoms with E-state index in [2.05, 4.69) is 10.6 Å². The number of carbonyl (C=O) groups is 3. The van der Waals surface area contributed by atoms with Crippen LogP contribution >= 0.6 is 0 Å². The third kappa shape index (κ3) is 6.34. The summed E-state index contributed by atoms with van der Waals surface area (Å²) in [6.45, 7) is 2.17. The van der Waals surface area contributed by atoms with Crippen LogP contribution in [0.3, 0.4) is 0 Å². The normalized spacial score (nSPS) is 12.9. The molecule has 1 aliphatic carbocycles. The zero-order valence-corrected chi connectivity index (χ0v) is 16.2. The van der Waals surface area contributed by atoms with E-state index in [0.29, 0.717) is 30.3 Å². The van der Waals surface area contributed by atoms with Crippen LogP contribution in [0, 0.1) is 6.92 Å². The second-order valence-corrected chi connectivity index (χ2v) is 7.17. The Hall–Kier alpha value is -3.35. The van der Waals surface area contributed by atoms with E-state index in [1.165, 1.54) is 12.1 Å². The van der Waals surface area contributed by atoms with Gasteiger partial charge in [0.15, 0.2) is 6.61 Å². The van der Waals surface area contributed by atoms with Crippen molar-refractivity contribution in [2.24, 2.45) is 0 Å². The molecule has 2 amide bonds. The lowest BCUT2D eigenvalue weighted by atomic mass is 10.1. The lowest BCUT2D eigenvalue weighted by Gasteiger charge is -2.09. The number of carbonyl (C=O) groups excluding carboxylic acids is 2. The van der Waals surface area contributed by atoms with Gasteiger partial charge >= 0.3 is 5.97 Å². The van der Waals surface area contributed by atoms with Crippen LogP contribution in [0.4, 0.5) is 0 Å². The molecule has 0 spiro atoms. The molecule has 2 aromatic rings. The Morgan fingerprint density at radius 2 is 1.76 bits per heavy atom. The molecule has 0 heterocycles. The van der Waals surface area contributed by atoms with Crippen molar-refractivity contribution in [3.63, 3.8) is 0 Å². The average molecular weight is 396 g/mol. The van der Waals surface area contributed by atoms with Gasteiger partial charge in [-0.3, -0.25) is 9.59 Å². The molecule has 0 unspecified atom stereocenters. The molecule has 1 fully saturated rings. The number of hydrogen-bond donors (Lipinski definition) is 3. The molecule has 0 aromatic heterocycles. The highest BCUT2D eigenvalue weighted by Gasteiger charge is 2.23. The molecule has 1 aliphatic rings. The molecule has 7 heteroatoms. The summed E-state index contributed by atoms with van der Waals surface area (Å²) < 4.78 is 5.46. The highest BCUT2D eigenvalue weighted by Crippen LogP contribution is 2.18. The van der Waals surface area contributed by atoms with Crippen LogP contribution in [0.25, 0.3) is 0 Å². The van der Waals surface area contributed by atoms with E-state index < -0.39 is 5.97 Å². The van der Waals surface area contributed by atoms with E-state index in [1.54, 1.807) is 25.1 Å². The summed E-state index contributed by atoms with van der Waals surface area (Å²) in [5.41, 5.74) is 2.15. The van der Waals surface area contributed by atoms with Crippen molar-refractivity contribution in [2.75, 3.05) is 13.2 Å². The Labute approximate surface area is 169 Å². The second kappa shape index (κ2) is 9.23. The molecule has 2 aromatic carbocycles. The van der Waals surface area contributed by atoms with Crippen LogP contribution in [-0.4, -0.2) is 42.1 Å². The topological polar surface area (TPSA) is 105 Å². The third-order valence-corrected chi connectivity index (χ3v) is 4.52. The molecular weight excluding hydrogens is 372 g/mol. The van der Waals surface area contributed by atoms with Gasteiger partial charge in [0, 0.05) is 18.2 Å². The van der Waals surface area contributed by atoms with E-state index in [0.717, 1.165) is 24.0 Å². The first-order chi connectivity index (χ1) is 13.9. The van der Waals surface area contributed by atoms with Gasteiger partial charge in [-0.05, 0) is 67.6 Å². The number of aryl methyl sites for hydroxylation is 1. The van der Waals surface area contributed by atoms with Gasteiger partial charge in [0.1, 0.15) is 5.75 Å². The van der Waals surface area contributed by atoms with Crippen molar-refractivity contribution in [2.45, 2.75) is 32.2 Å². The van der Waals surface area contributed by atoms with Gasteiger partial charge in [-0.1, -0.05) is 12.1 Å². The van der Waals surface area contributed by atoms with Gasteiger partial charge in [-0.15, -0.1) is 0 Å². The van der Waals surface area contributed by atoms with E-state index in [-0.39, 0.29) is 24.0 Å². The first-order valence-corrected chi connectivity index (χ1v) is 9.55. The van der Waals surface area contributed by atoms with Gasteiger partial charge in [-0.2, -0.15) is 0 Å². The summed E-state index contributed by atoms with van der Waals surface area (Å²) in [4.78, 5) is 35.0. The molecular formula is C22H24N2O5. The highest BCUT2D eigenvalue weighted by atomic mass is 16.5. The maximum atomic E-state index is 12.3. The van der Waals surface area contributed by atoms with Gasteiger partial charge in [0.25, 0.3) is 11.8 Å². The molecule has 0 atom stereocenters. The summed E-state index contributed by atoms with van der Waals surface area (Å²) >= 11 is 0. The standard InChI is InChI=1S/C22H24N2O5/c1-14-10-16(12-17(11-14)22(27)28)21(26)23-9-8-15-2-6-19(7-3-15)29-13-20(25)24-18-4-5-18/h2-3,6-7,10-12,18H,4-5,8-9,13H2,1H3,(H,23,26)(H,24,25)(H,27,28). The van der Waals surface area contributed by atoms with E-state index >= 15 is 0 Å². The van der Waals surface area contributed by atoms with Gasteiger partial charge in [0.05, 0.1) is 5.56 Å². The van der Waals surface area contributed by atoms with Crippen LogP contribution in [0.5, 0.6) is 5.75 Å². The first-order valence-electron chi connectivity index (χ1n) is 9.55. The fourth-order valence-corrected chi connectivity index (χ4v) is 2.86. The van der Waals surface area contributed by atoms with Crippen molar-refractivity contribution in [3.8, 4) is 5.75 Å². The van der Waals surface area contributed by atoms with Crippen molar-refractivity contribution in [1.29, 1.82) is 0 Å². The van der Waals surface area contributed by atoms with Crippen molar-refractivity contribution in [3.05, 3.63) is 64.7 Å². The number of rotatable bonds is 9. The van der Waals surface area contributed by atoms with Crippen LogP contribution in [0.2, 0.25) is 0 Å². The van der Waals surface area contributed by atoms with Crippen LogP contribution in [0.15, 0.2) is 42.5 Å². The fraction of sp³-hybridized carbons (Fsp3) is 0.318. The summed E-state index contributed by atoms with van der Waals surface area (Å²) in [5, 5.41) is 14.8. The van der Waals surface area contributed by atoms with Crippen molar-refractivity contribution >= 4 is 17.8 Å². The van der Waals surface area contributed by atoms with Crippen molar-refractivity contribution < 1.29 is 24.2 Å². The second-order valence-electron chi connectivity index (χ2n) is 7.17. The molecule has 0 aliphatic heterocycles. The Morgan fingerprint density at radius 3 is 2.41 bits per heavy atom. The summed E-state index contributed by atoms with van der Waals surface area (Å²) in [7, 11) is 0. The predicted molar refractivity (Wildman–Crippen MR) is 107 cm³/mol. The number of carboxylic acids is 1. The maximum absolute atomic E-state index is 12.3. The number of ether oxygens (including phenoxy) is 1. The number of carboxylic acid groups (broad SMARTS) is 1. The number of nitrogens with one attached hydrogen (secondary N) is 2. The Bertz CT molecular complexity index is 904. The monoisotopic (exact) mass is 396 g/mol. The lowest BCUT2D eigenvalue weighted by Crippen LogP contribution is -2.30. The average Bonchev–Trinajstić information content (AvgIpc) is 3.50. The molecule has 0 saturated heterocycles. The molecule has 1 saturated carbocycles. The van der Waals surface area contributed by atoms with E-state index in [1.807, 2.05) is 12.1 Å². The fourth-order valence-electron chi connectivity index (χ4n) is 2.86.